The van der Waals surface area contributed by atoms with Crippen molar-refractivity contribution in [2.75, 3.05) is 20.8 Å². The predicted octanol–water partition coefficient (Wildman–Crippen LogP) is 2.99. The molecule has 1 heterocycles. The van der Waals surface area contributed by atoms with E-state index in [0.717, 1.165) is 28.8 Å². The van der Waals surface area contributed by atoms with Gasteiger partial charge >= 0.3 is 0 Å². The minimum absolute atomic E-state index is 0.414. The fraction of sp³-hybridized carbons (Fsp3) is 0.800. The monoisotopic (exact) mass is 341 g/mol. The lowest BCUT2D eigenvalue weighted by Gasteiger charge is -2.19. The SMILES string of the molecule is CNC(c1c(Br)cnn1CCOC)C1C2CCCCC21. The maximum Gasteiger partial charge on any atom is 0.0699 e. The third kappa shape index (κ3) is 2.55. The highest BCUT2D eigenvalue weighted by atomic mass is 79.9. The van der Waals surface area contributed by atoms with Gasteiger partial charge in [0.25, 0.3) is 0 Å². The fourth-order valence-electron chi connectivity index (χ4n) is 4.09. The molecule has 2 aliphatic carbocycles. The molecule has 112 valence electrons. The van der Waals surface area contributed by atoms with Crippen molar-refractivity contribution in [3.63, 3.8) is 0 Å². The highest BCUT2D eigenvalue weighted by Gasteiger charge is 2.54. The number of aromatic nitrogens is 2. The molecule has 3 unspecified atom stereocenters. The molecular formula is C15H24BrN3O. The molecule has 1 N–H and O–H groups in total. The van der Waals surface area contributed by atoms with Gasteiger partial charge in [-0.15, -0.1) is 0 Å². The summed E-state index contributed by atoms with van der Waals surface area (Å²) in [5.41, 5.74) is 1.30. The van der Waals surface area contributed by atoms with Gasteiger partial charge in [0.1, 0.15) is 0 Å². The zero-order valence-electron chi connectivity index (χ0n) is 12.3. The number of fused-ring (bicyclic) bond motifs is 1. The Labute approximate surface area is 129 Å². The van der Waals surface area contributed by atoms with Gasteiger partial charge in [-0.05, 0) is 53.6 Å². The highest BCUT2D eigenvalue weighted by Crippen LogP contribution is 2.60. The van der Waals surface area contributed by atoms with Crippen molar-refractivity contribution in [2.45, 2.75) is 38.3 Å². The van der Waals surface area contributed by atoms with Crippen LogP contribution in [0.25, 0.3) is 0 Å². The van der Waals surface area contributed by atoms with Gasteiger partial charge in [-0.2, -0.15) is 5.10 Å². The standard InChI is InChI=1S/C15H24BrN3O/c1-17-14(13-10-5-3-4-6-11(10)13)15-12(16)9-18-19(15)7-8-20-2/h9-11,13-14,17H,3-8H2,1-2H3. The molecule has 0 aliphatic heterocycles. The summed E-state index contributed by atoms with van der Waals surface area (Å²) in [6.07, 6.45) is 7.58. The molecule has 2 saturated carbocycles. The first-order valence-corrected chi connectivity index (χ1v) is 8.44. The number of methoxy groups -OCH3 is 1. The molecule has 2 aliphatic rings. The Morgan fingerprint density at radius 3 is 2.75 bits per heavy atom. The normalized spacial score (nSPS) is 30.1. The van der Waals surface area contributed by atoms with Crippen molar-refractivity contribution in [3.8, 4) is 0 Å². The summed E-state index contributed by atoms with van der Waals surface area (Å²) in [6.45, 7) is 1.52. The quantitative estimate of drug-likeness (QED) is 0.864. The Hall–Kier alpha value is -0.390. The van der Waals surface area contributed by atoms with Crippen molar-refractivity contribution >= 4 is 15.9 Å². The van der Waals surface area contributed by atoms with Crippen molar-refractivity contribution < 1.29 is 4.74 Å². The largest absolute Gasteiger partial charge is 0.383 e. The van der Waals surface area contributed by atoms with Gasteiger partial charge in [-0.3, -0.25) is 4.68 Å². The molecule has 0 radical (unpaired) electrons. The maximum absolute atomic E-state index is 5.20. The second-order valence-corrected chi connectivity index (χ2v) is 6.90. The van der Waals surface area contributed by atoms with Crippen LogP contribution >= 0.6 is 15.9 Å². The topological polar surface area (TPSA) is 39.1 Å². The molecule has 3 rings (SSSR count). The first-order valence-electron chi connectivity index (χ1n) is 7.65. The molecule has 0 spiro atoms. The molecule has 0 bridgehead atoms. The third-order valence-electron chi connectivity index (χ3n) is 5.05. The number of ether oxygens (including phenoxy) is 1. The van der Waals surface area contributed by atoms with Gasteiger partial charge < -0.3 is 10.1 Å². The van der Waals surface area contributed by atoms with E-state index in [1.54, 1.807) is 7.11 Å². The van der Waals surface area contributed by atoms with Crippen LogP contribution in [0.3, 0.4) is 0 Å². The van der Waals surface area contributed by atoms with Crippen LogP contribution in [0.15, 0.2) is 10.7 Å². The van der Waals surface area contributed by atoms with Crippen molar-refractivity contribution in [1.82, 2.24) is 15.1 Å². The zero-order chi connectivity index (χ0) is 14.1. The van der Waals surface area contributed by atoms with Gasteiger partial charge in [-0.25, -0.2) is 0 Å². The Balaban J connectivity index is 1.80. The lowest BCUT2D eigenvalue weighted by atomic mass is 10.0. The fourth-order valence-corrected chi connectivity index (χ4v) is 4.63. The van der Waals surface area contributed by atoms with E-state index in [9.17, 15) is 0 Å². The Bertz CT molecular complexity index is 450. The smallest absolute Gasteiger partial charge is 0.0699 e. The number of nitrogens with one attached hydrogen (secondary N) is 1. The van der Waals surface area contributed by atoms with Gasteiger partial charge in [0, 0.05) is 7.11 Å². The summed E-state index contributed by atoms with van der Waals surface area (Å²) in [5, 5.41) is 8.05. The number of nitrogens with zero attached hydrogens (tertiary/aromatic N) is 2. The molecule has 0 saturated heterocycles. The second kappa shape index (κ2) is 6.16. The van der Waals surface area contributed by atoms with E-state index in [-0.39, 0.29) is 0 Å². The van der Waals surface area contributed by atoms with E-state index in [1.807, 2.05) is 6.20 Å². The van der Waals surface area contributed by atoms with Gasteiger partial charge in [0.2, 0.25) is 0 Å². The first kappa shape index (κ1) is 14.5. The molecule has 20 heavy (non-hydrogen) atoms. The predicted molar refractivity (Wildman–Crippen MR) is 82.5 cm³/mol. The molecule has 5 heteroatoms. The lowest BCUT2D eigenvalue weighted by molar-refractivity contribution is 0.181. The molecule has 2 fully saturated rings. The van der Waals surface area contributed by atoms with Crippen LogP contribution < -0.4 is 5.32 Å². The van der Waals surface area contributed by atoms with Crippen molar-refractivity contribution in [2.24, 2.45) is 17.8 Å². The minimum Gasteiger partial charge on any atom is -0.383 e. The highest BCUT2D eigenvalue weighted by molar-refractivity contribution is 9.10. The summed E-state index contributed by atoms with van der Waals surface area (Å²) < 4.78 is 8.42. The van der Waals surface area contributed by atoms with E-state index in [2.05, 4.69) is 38.1 Å². The van der Waals surface area contributed by atoms with Crippen LogP contribution in [0, 0.1) is 17.8 Å². The van der Waals surface area contributed by atoms with Gasteiger partial charge in [0.05, 0.1) is 35.6 Å². The number of hydrogen-bond acceptors (Lipinski definition) is 3. The maximum atomic E-state index is 5.20. The molecule has 0 amide bonds. The molecule has 4 nitrogen and oxygen atoms in total. The molecule has 1 aromatic heterocycles. The van der Waals surface area contributed by atoms with E-state index in [4.69, 9.17) is 4.74 Å². The van der Waals surface area contributed by atoms with Crippen LogP contribution in [-0.4, -0.2) is 30.5 Å². The summed E-state index contributed by atoms with van der Waals surface area (Å²) in [6, 6.07) is 0.414. The summed E-state index contributed by atoms with van der Waals surface area (Å²) >= 11 is 3.68. The van der Waals surface area contributed by atoms with E-state index >= 15 is 0 Å². The number of rotatable bonds is 6. The Kier molecular flexibility index (Phi) is 4.48. The summed E-state index contributed by atoms with van der Waals surface area (Å²) in [7, 11) is 3.82. The number of halogens is 1. The van der Waals surface area contributed by atoms with E-state index < -0.39 is 0 Å². The zero-order valence-corrected chi connectivity index (χ0v) is 13.9. The van der Waals surface area contributed by atoms with Crippen molar-refractivity contribution in [1.29, 1.82) is 0 Å². The second-order valence-electron chi connectivity index (χ2n) is 6.05. The van der Waals surface area contributed by atoms with Gasteiger partial charge in [0.15, 0.2) is 0 Å². The van der Waals surface area contributed by atoms with Crippen LogP contribution in [0.1, 0.15) is 37.4 Å². The molecule has 3 atom stereocenters. The molecule has 1 aromatic rings. The third-order valence-corrected chi connectivity index (χ3v) is 5.66. The first-order chi connectivity index (χ1) is 9.77. The van der Waals surface area contributed by atoms with Crippen LogP contribution in [0.5, 0.6) is 0 Å². The van der Waals surface area contributed by atoms with Crippen LogP contribution in [0.2, 0.25) is 0 Å². The van der Waals surface area contributed by atoms with E-state index in [1.165, 1.54) is 31.4 Å². The molecular weight excluding hydrogens is 318 g/mol. The van der Waals surface area contributed by atoms with Gasteiger partial charge in [-0.1, -0.05) is 12.8 Å². The summed E-state index contributed by atoms with van der Waals surface area (Å²) in [5.74, 6) is 2.65. The summed E-state index contributed by atoms with van der Waals surface area (Å²) in [4.78, 5) is 0. The molecule has 0 aromatic carbocycles. The van der Waals surface area contributed by atoms with E-state index in [0.29, 0.717) is 12.6 Å². The average Bonchev–Trinajstić information content (AvgIpc) is 3.08. The average molecular weight is 342 g/mol. The van der Waals surface area contributed by atoms with Crippen molar-refractivity contribution in [3.05, 3.63) is 16.4 Å². The Morgan fingerprint density at radius 1 is 1.45 bits per heavy atom. The Morgan fingerprint density at radius 2 is 2.15 bits per heavy atom. The minimum atomic E-state index is 0.414. The lowest BCUT2D eigenvalue weighted by Crippen LogP contribution is -2.24. The number of hydrogen-bond donors (Lipinski definition) is 1. The van der Waals surface area contributed by atoms with Crippen LogP contribution in [-0.2, 0) is 11.3 Å². The van der Waals surface area contributed by atoms with Crippen LogP contribution in [0.4, 0.5) is 0 Å².